The molecule has 20 heavy (non-hydrogen) atoms. The Kier molecular flexibility index (Phi) is 5.55. The summed E-state index contributed by atoms with van der Waals surface area (Å²) in [7, 11) is 0. The number of nitriles is 1. The monoisotopic (exact) mass is 274 g/mol. The van der Waals surface area contributed by atoms with Crippen LogP contribution in [0.5, 0.6) is 0 Å². The molecule has 0 aromatic heterocycles. The van der Waals surface area contributed by atoms with Crippen LogP contribution >= 0.6 is 0 Å². The third kappa shape index (κ3) is 4.05. The molecule has 1 aliphatic carbocycles. The molecule has 1 aliphatic rings. The van der Waals surface area contributed by atoms with Gasteiger partial charge in [0.1, 0.15) is 11.9 Å². The first-order valence-corrected chi connectivity index (χ1v) is 7.62. The van der Waals surface area contributed by atoms with Crippen LogP contribution in [0.4, 0.5) is 4.39 Å². The van der Waals surface area contributed by atoms with Crippen molar-refractivity contribution in [2.75, 3.05) is 6.54 Å². The van der Waals surface area contributed by atoms with Gasteiger partial charge in [-0.15, -0.1) is 0 Å². The third-order valence-corrected chi connectivity index (χ3v) is 4.46. The van der Waals surface area contributed by atoms with Crippen molar-refractivity contribution in [3.63, 3.8) is 0 Å². The Labute approximate surface area is 121 Å². The van der Waals surface area contributed by atoms with Gasteiger partial charge in [-0.1, -0.05) is 32.3 Å². The van der Waals surface area contributed by atoms with E-state index < -0.39 is 5.82 Å². The van der Waals surface area contributed by atoms with Gasteiger partial charge in [0, 0.05) is 6.54 Å². The molecule has 0 spiro atoms. The molecule has 0 saturated heterocycles. The molecule has 1 fully saturated rings. The third-order valence-electron chi connectivity index (χ3n) is 4.46. The lowest BCUT2D eigenvalue weighted by molar-refractivity contribution is 0.262. The molecular weight excluding hydrogens is 251 g/mol. The van der Waals surface area contributed by atoms with Crippen molar-refractivity contribution >= 4 is 0 Å². The summed E-state index contributed by atoms with van der Waals surface area (Å²) in [6, 6.07) is 6.64. The molecule has 0 atom stereocenters. The minimum absolute atomic E-state index is 0.132. The molecule has 0 heterocycles. The van der Waals surface area contributed by atoms with Crippen LogP contribution < -0.4 is 5.32 Å². The predicted octanol–water partition coefficient (Wildman–Crippen LogP) is 4.00. The van der Waals surface area contributed by atoms with Crippen LogP contribution in [0.1, 0.15) is 50.2 Å². The second-order valence-corrected chi connectivity index (χ2v) is 5.85. The summed E-state index contributed by atoms with van der Waals surface area (Å²) in [4.78, 5) is 0. The van der Waals surface area contributed by atoms with Crippen LogP contribution in [0.2, 0.25) is 0 Å². The first-order chi connectivity index (χ1) is 9.72. The van der Waals surface area contributed by atoms with Crippen molar-refractivity contribution < 1.29 is 4.39 Å². The lowest BCUT2D eigenvalue weighted by Gasteiger charge is -2.27. The fraction of sp³-hybridized carbons (Fsp3) is 0.588. The van der Waals surface area contributed by atoms with Crippen LogP contribution in [0.15, 0.2) is 18.2 Å². The number of halogens is 1. The van der Waals surface area contributed by atoms with E-state index in [0.717, 1.165) is 23.9 Å². The number of nitrogens with zero attached hydrogens (tertiary/aromatic N) is 1. The maximum atomic E-state index is 13.2. The predicted molar refractivity (Wildman–Crippen MR) is 78.6 cm³/mol. The normalized spacial score (nSPS) is 22.4. The first-order valence-electron chi connectivity index (χ1n) is 7.62. The van der Waals surface area contributed by atoms with Gasteiger partial charge in [-0.05, 0) is 48.9 Å². The topological polar surface area (TPSA) is 35.8 Å². The van der Waals surface area contributed by atoms with Crippen LogP contribution in [-0.2, 0) is 6.54 Å². The summed E-state index contributed by atoms with van der Waals surface area (Å²) in [5.41, 5.74) is 1.11. The van der Waals surface area contributed by atoms with Gasteiger partial charge in [-0.3, -0.25) is 0 Å². The standard InChI is InChI=1S/C17H23FN2/c1-2-13-3-5-14(6-4-13)11-20-12-15-7-8-17(18)16(9-15)10-19/h7-9,13-14,20H,2-6,11-12H2,1H3. The fourth-order valence-corrected chi connectivity index (χ4v) is 3.03. The van der Waals surface area contributed by atoms with Crippen LogP contribution in [0, 0.1) is 29.0 Å². The Morgan fingerprint density at radius 1 is 1.25 bits per heavy atom. The van der Waals surface area contributed by atoms with E-state index in [2.05, 4.69) is 12.2 Å². The Balaban J connectivity index is 1.75. The fourth-order valence-electron chi connectivity index (χ4n) is 3.03. The van der Waals surface area contributed by atoms with Gasteiger partial charge in [0.15, 0.2) is 0 Å². The van der Waals surface area contributed by atoms with Gasteiger partial charge in [0.2, 0.25) is 0 Å². The van der Waals surface area contributed by atoms with E-state index in [4.69, 9.17) is 5.26 Å². The van der Waals surface area contributed by atoms with E-state index in [1.807, 2.05) is 6.07 Å². The molecular formula is C17H23FN2. The van der Waals surface area contributed by atoms with E-state index in [1.165, 1.54) is 38.2 Å². The molecule has 1 aromatic rings. The van der Waals surface area contributed by atoms with E-state index >= 15 is 0 Å². The minimum atomic E-state index is -0.436. The number of hydrogen-bond donors (Lipinski definition) is 1. The lowest BCUT2D eigenvalue weighted by atomic mass is 9.81. The highest BCUT2D eigenvalue weighted by Gasteiger charge is 2.19. The highest BCUT2D eigenvalue weighted by atomic mass is 19.1. The van der Waals surface area contributed by atoms with Crippen molar-refractivity contribution in [2.45, 2.75) is 45.6 Å². The number of benzene rings is 1. The van der Waals surface area contributed by atoms with Crippen LogP contribution in [0.25, 0.3) is 0 Å². The molecule has 1 aromatic carbocycles. The van der Waals surface area contributed by atoms with E-state index in [-0.39, 0.29) is 5.56 Å². The number of rotatable bonds is 5. The smallest absolute Gasteiger partial charge is 0.140 e. The highest BCUT2D eigenvalue weighted by molar-refractivity contribution is 5.34. The SMILES string of the molecule is CCC1CCC(CNCc2ccc(F)c(C#N)c2)CC1. The van der Waals surface area contributed by atoms with Gasteiger partial charge >= 0.3 is 0 Å². The summed E-state index contributed by atoms with van der Waals surface area (Å²) in [5.74, 6) is 1.27. The molecule has 3 heteroatoms. The molecule has 0 unspecified atom stereocenters. The van der Waals surface area contributed by atoms with Gasteiger partial charge in [-0.25, -0.2) is 4.39 Å². The van der Waals surface area contributed by atoms with Gasteiger partial charge in [0.05, 0.1) is 5.56 Å². The Hall–Kier alpha value is -1.40. The molecule has 0 aliphatic heterocycles. The second kappa shape index (κ2) is 7.40. The lowest BCUT2D eigenvalue weighted by Crippen LogP contribution is -2.26. The molecule has 0 bridgehead atoms. The Morgan fingerprint density at radius 3 is 2.60 bits per heavy atom. The molecule has 1 saturated carbocycles. The van der Waals surface area contributed by atoms with Gasteiger partial charge in [-0.2, -0.15) is 5.26 Å². The molecule has 0 radical (unpaired) electrons. The average Bonchev–Trinajstić information content (AvgIpc) is 2.49. The molecule has 108 valence electrons. The number of nitrogens with one attached hydrogen (secondary N) is 1. The van der Waals surface area contributed by atoms with Crippen molar-refractivity contribution in [3.05, 3.63) is 35.1 Å². The van der Waals surface area contributed by atoms with E-state index in [1.54, 1.807) is 12.1 Å². The summed E-state index contributed by atoms with van der Waals surface area (Å²) in [5, 5.41) is 12.3. The number of hydrogen-bond acceptors (Lipinski definition) is 2. The minimum Gasteiger partial charge on any atom is -0.312 e. The second-order valence-electron chi connectivity index (χ2n) is 5.85. The molecule has 2 nitrogen and oxygen atoms in total. The van der Waals surface area contributed by atoms with Gasteiger partial charge in [0.25, 0.3) is 0 Å². The quantitative estimate of drug-likeness (QED) is 0.880. The van der Waals surface area contributed by atoms with Crippen LogP contribution in [0.3, 0.4) is 0 Å². The van der Waals surface area contributed by atoms with Crippen molar-refractivity contribution in [1.29, 1.82) is 5.26 Å². The van der Waals surface area contributed by atoms with E-state index in [0.29, 0.717) is 6.54 Å². The first kappa shape index (κ1) is 15.0. The maximum absolute atomic E-state index is 13.2. The average molecular weight is 274 g/mol. The largest absolute Gasteiger partial charge is 0.312 e. The Bertz CT molecular complexity index is 470. The van der Waals surface area contributed by atoms with Crippen molar-refractivity contribution in [2.24, 2.45) is 11.8 Å². The molecule has 1 N–H and O–H groups in total. The van der Waals surface area contributed by atoms with Crippen molar-refractivity contribution in [1.82, 2.24) is 5.32 Å². The zero-order chi connectivity index (χ0) is 14.4. The summed E-state index contributed by atoms with van der Waals surface area (Å²) in [6.45, 7) is 4.02. The van der Waals surface area contributed by atoms with Gasteiger partial charge < -0.3 is 5.32 Å². The maximum Gasteiger partial charge on any atom is 0.140 e. The van der Waals surface area contributed by atoms with E-state index in [9.17, 15) is 4.39 Å². The zero-order valence-electron chi connectivity index (χ0n) is 12.2. The summed E-state index contributed by atoms with van der Waals surface area (Å²) < 4.78 is 13.2. The molecule has 2 rings (SSSR count). The van der Waals surface area contributed by atoms with Crippen LogP contribution in [-0.4, -0.2) is 6.54 Å². The molecule has 0 amide bonds. The summed E-state index contributed by atoms with van der Waals surface area (Å²) >= 11 is 0. The van der Waals surface area contributed by atoms with Crippen molar-refractivity contribution in [3.8, 4) is 6.07 Å². The zero-order valence-corrected chi connectivity index (χ0v) is 12.2. The highest BCUT2D eigenvalue weighted by Crippen LogP contribution is 2.30. The Morgan fingerprint density at radius 2 is 1.95 bits per heavy atom. The summed E-state index contributed by atoms with van der Waals surface area (Å²) in [6.07, 6.45) is 6.67.